The molecule has 0 unspecified atom stereocenters. The zero-order chi connectivity index (χ0) is 20.1. The summed E-state index contributed by atoms with van der Waals surface area (Å²) in [4.78, 5) is 19.0. The van der Waals surface area contributed by atoms with Crippen molar-refractivity contribution >= 4 is 22.4 Å². The maximum absolute atomic E-state index is 13.3. The number of aromatic nitrogens is 3. The van der Waals surface area contributed by atoms with E-state index in [0.29, 0.717) is 28.7 Å². The van der Waals surface area contributed by atoms with Crippen LogP contribution in [0.4, 0.5) is 5.13 Å². The lowest BCUT2D eigenvalue weighted by Crippen LogP contribution is -2.34. The van der Waals surface area contributed by atoms with Gasteiger partial charge >= 0.3 is 0 Å². The summed E-state index contributed by atoms with van der Waals surface area (Å²) in [5.74, 6) is 1.17. The van der Waals surface area contributed by atoms with Crippen molar-refractivity contribution in [1.29, 1.82) is 0 Å². The number of benzene rings is 1. The fourth-order valence-electron chi connectivity index (χ4n) is 2.67. The second-order valence-electron chi connectivity index (χ2n) is 6.51. The number of methoxy groups -OCH3 is 2. The number of hydrogen-bond donors (Lipinski definition) is 0. The van der Waals surface area contributed by atoms with E-state index < -0.39 is 0 Å². The number of ether oxygens (including phenoxy) is 2. The van der Waals surface area contributed by atoms with E-state index in [1.165, 1.54) is 11.3 Å². The van der Waals surface area contributed by atoms with Crippen molar-refractivity contribution in [2.45, 2.75) is 13.8 Å². The van der Waals surface area contributed by atoms with Gasteiger partial charge in [0.1, 0.15) is 0 Å². The van der Waals surface area contributed by atoms with E-state index in [4.69, 9.17) is 9.47 Å². The molecule has 8 heteroatoms. The Kier molecular flexibility index (Phi) is 6.20. The Morgan fingerprint density at radius 1 is 1.14 bits per heavy atom. The second kappa shape index (κ2) is 8.79. The first-order valence-electron chi connectivity index (χ1n) is 8.81. The minimum absolute atomic E-state index is 0.163. The summed E-state index contributed by atoms with van der Waals surface area (Å²) >= 11 is 1.36. The highest BCUT2D eigenvalue weighted by atomic mass is 32.1. The van der Waals surface area contributed by atoms with E-state index in [1.807, 2.05) is 12.1 Å². The number of anilines is 1. The summed E-state index contributed by atoms with van der Waals surface area (Å²) in [7, 11) is 3.11. The zero-order valence-electron chi connectivity index (χ0n) is 16.2. The lowest BCUT2D eigenvalue weighted by molar-refractivity contribution is 0.0983. The molecule has 0 saturated heterocycles. The molecular formula is C20H22N4O3S. The average molecular weight is 398 g/mol. The molecule has 0 aliphatic rings. The van der Waals surface area contributed by atoms with Crippen molar-refractivity contribution in [3.63, 3.8) is 0 Å². The largest absolute Gasteiger partial charge is 0.493 e. The second-order valence-corrected chi connectivity index (χ2v) is 7.47. The van der Waals surface area contributed by atoms with Gasteiger partial charge in [0, 0.05) is 30.1 Å². The van der Waals surface area contributed by atoms with Gasteiger partial charge in [-0.1, -0.05) is 25.2 Å². The van der Waals surface area contributed by atoms with E-state index in [0.717, 1.165) is 10.6 Å². The maximum Gasteiger partial charge on any atom is 0.260 e. The lowest BCUT2D eigenvalue weighted by atomic mass is 10.1. The highest BCUT2D eigenvalue weighted by molar-refractivity contribution is 7.18. The summed E-state index contributed by atoms with van der Waals surface area (Å²) in [6, 6.07) is 8.88. The highest BCUT2D eigenvalue weighted by Crippen LogP contribution is 2.32. The molecule has 0 aliphatic heterocycles. The molecule has 1 aromatic carbocycles. The first kappa shape index (κ1) is 19.8. The Labute approximate surface area is 168 Å². The number of nitrogens with zero attached hydrogens (tertiary/aromatic N) is 4. The summed E-state index contributed by atoms with van der Waals surface area (Å²) in [5, 5.41) is 9.77. The first-order chi connectivity index (χ1) is 13.5. The number of carbonyl (C=O) groups is 1. The maximum atomic E-state index is 13.3. The highest BCUT2D eigenvalue weighted by Gasteiger charge is 2.24. The van der Waals surface area contributed by atoms with Crippen LogP contribution in [-0.2, 0) is 0 Å². The smallest absolute Gasteiger partial charge is 0.260 e. The van der Waals surface area contributed by atoms with E-state index in [2.05, 4.69) is 29.0 Å². The number of carbonyl (C=O) groups excluding carboxylic acids is 1. The van der Waals surface area contributed by atoms with Gasteiger partial charge in [0.15, 0.2) is 16.5 Å². The van der Waals surface area contributed by atoms with Crippen LogP contribution >= 0.6 is 11.3 Å². The average Bonchev–Trinajstić information content (AvgIpc) is 3.21. The molecule has 28 heavy (non-hydrogen) atoms. The van der Waals surface area contributed by atoms with Crippen LogP contribution in [0.15, 0.2) is 42.7 Å². The van der Waals surface area contributed by atoms with Crippen molar-refractivity contribution in [3.8, 4) is 22.1 Å². The van der Waals surface area contributed by atoms with E-state index in [1.54, 1.807) is 49.7 Å². The van der Waals surface area contributed by atoms with E-state index in [-0.39, 0.29) is 11.8 Å². The number of amides is 1. The van der Waals surface area contributed by atoms with Crippen molar-refractivity contribution in [1.82, 2.24) is 15.2 Å². The van der Waals surface area contributed by atoms with Gasteiger partial charge in [0.25, 0.3) is 5.91 Å². The molecule has 3 rings (SSSR count). The Hall–Kier alpha value is -3.00. The van der Waals surface area contributed by atoms with Gasteiger partial charge in [0.05, 0.1) is 14.2 Å². The summed E-state index contributed by atoms with van der Waals surface area (Å²) in [5.41, 5.74) is 1.37. The van der Waals surface area contributed by atoms with Gasteiger partial charge in [-0.25, -0.2) is 0 Å². The molecule has 146 valence electrons. The monoisotopic (exact) mass is 398 g/mol. The Bertz CT molecular complexity index is 944. The van der Waals surface area contributed by atoms with Crippen LogP contribution < -0.4 is 14.4 Å². The molecule has 0 aliphatic carbocycles. The normalized spacial score (nSPS) is 10.8. The molecule has 0 N–H and O–H groups in total. The molecule has 0 atom stereocenters. The Morgan fingerprint density at radius 3 is 2.57 bits per heavy atom. The predicted molar refractivity (Wildman–Crippen MR) is 109 cm³/mol. The molecule has 1 amide bonds. The third-order valence-electron chi connectivity index (χ3n) is 3.98. The summed E-state index contributed by atoms with van der Waals surface area (Å²) in [6.45, 7) is 4.63. The lowest BCUT2D eigenvalue weighted by Gasteiger charge is -2.22. The third-order valence-corrected chi connectivity index (χ3v) is 4.97. The van der Waals surface area contributed by atoms with E-state index >= 15 is 0 Å². The molecule has 2 heterocycles. The minimum atomic E-state index is -0.163. The molecule has 0 bridgehead atoms. The van der Waals surface area contributed by atoms with Crippen LogP contribution in [-0.4, -0.2) is 41.9 Å². The SMILES string of the molecule is COc1ccc(C(=O)N(CC(C)C)c2nnc(-c3cccnc3)s2)cc1OC. The Morgan fingerprint density at radius 2 is 1.93 bits per heavy atom. The molecule has 0 saturated carbocycles. The number of hydrogen-bond acceptors (Lipinski definition) is 7. The van der Waals surface area contributed by atoms with Crippen LogP contribution in [0.25, 0.3) is 10.6 Å². The van der Waals surface area contributed by atoms with Crippen molar-refractivity contribution in [2.24, 2.45) is 5.92 Å². The van der Waals surface area contributed by atoms with E-state index in [9.17, 15) is 4.79 Å². The molecule has 0 radical (unpaired) electrons. The predicted octanol–water partition coefficient (Wildman–Crippen LogP) is 3.92. The van der Waals surface area contributed by atoms with Crippen molar-refractivity contribution in [2.75, 3.05) is 25.7 Å². The summed E-state index contributed by atoms with van der Waals surface area (Å²) < 4.78 is 10.6. The number of pyridine rings is 1. The van der Waals surface area contributed by atoms with Gasteiger partial charge in [-0.2, -0.15) is 0 Å². The zero-order valence-corrected chi connectivity index (χ0v) is 17.1. The molecular weight excluding hydrogens is 376 g/mol. The molecule has 7 nitrogen and oxygen atoms in total. The van der Waals surface area contributed by atoms with Gasteiger partial charge in [-0.05, 0) is 36.2 Å². The quantitative estimate of drug-likeness (QED) is 0.600. The first-order valence-corrected chi connectivity index (χ1v) is 9.63. The van der Waals surface area contributed by atoms with Crippen LogP contribution in [0.2, 0.25) is 0 Å². The van der Waals surface area contributed by atoms with Crippen molar-refractivity contribution < 1.29 is 14.3 Å². The van der Waals surface area contributed by atoms with Crippen molar-refractivity contribution in [3.05, 3.63) is 48.3 Å². The summed E-state index contributed by atoms with van der Waals surface area (Å²) in [6.07, 6.45) is 3.43. The minimum Gasteiger partial charge on any atom is -0.493 e. The van der Waals surface area contributed by atoms with Crippen LogP contribution in [0, 0.1) is 5.92 Å². The molecule has 0 fully saturated rings. The fourth-order valence-corrected chi connectivity index (χ4v) is 3.51. The molecule has 2 aromatic heterocycles. The topological polar surface area (TPSA) is 77.4 Å². The third kappa shape index (κ3) is 4.28. The van der Waals surface area contributed by atoms with Crippen LogP contribution in [0.3, 0.4) is 0 Å². The molecule has 3 aromatic rings. The van der Waals surface area contributed by atoms with Crippen LogP contribution in [0.5, 0.6) is 11.5 Å². The molecule has 0 spiro atoms. The Balaban J connectivity index is 1.94. The van der Waals surface area contributed by atoms with Gasteiger partial charge in [-0.3, -0.25) is 14.7 Å². The van der Waals surface area contributed by atoms with Crippen LogP contribution in [0.1, 0.15) is 24.2 Å². The number of rotatable bonds is 7. The fraction of sp³-hybridized carbons (Fsp3) is 0.300. The van der Waals surface area contributed by atoms with Gasteiger partial charge < -0.3 is 9.47 Å². The van der Waals surface area contributed by atoms with Gasteiger partial charge in [0.2, 0.25) is 5.13 Å². The van der Waals surface area contributed by atoms with Gasteiger partial charge in [-0.15, -0.1) is 10.2 Å². The standard InChI is InChI=1S/C20H22N4O3S/c1-13(2)12-24(19(25)14-7-8-16(26-3)17(10-14)27-4)20-23-22-18(28-20)15-6-5-9-21-11-15/h5-11,13H,12H2,1-4H3.